The molecule has 39 heavy (non-hydrogen) atoms. The molecular weight excluding hydrogens is 648 g/mol. The molecule has 0 rings (SSSR count). The van der Waals surface area contributed by atoms with Crippen LogP contribution in [-0.2, 0) is 14.2 Å². The predicted octanol–water partition coefficient (Wildman–Crippen LogP) is 7.67. The molecule has 27 heteroatoms. The maximum Gasteiger partial charge on any atom is 0.462 e. The number of hydrogen-bond donors (Lipinski definition) is 0. The highest BCUT2D eigenvalue weighted by molar-refractivity contribution is 4.99. The van der Waals surface area contributed by atoms with E-state index in [0.29, 0.717) is 0 Å². The first-order valence-electron chi connectivity index (χ1n) is 7.94. The summed E-state index contributed by atoms with van der Waals surface area (Å²) in [6, 6.07) is 0. The molecule has 0 radical (unpaired) electrons. The summed E-state index contributed by atoms with van der Waals surface area (Å²) >= 11 is 0. The van der Waals surface area contributed by atoms with Crippen molar-refractivity contribution < 1.29 is 120 Å². The molecule has 0 aromatic heterocycles. The lowest BCUT2D eigenvalue weighted by Gasteiger charge is -2.39. The van der Waals surface area contributed by atoms with E-state index in [-0.39, 0.29) is 0 Å². The molecule has 0 atom stereocenters. The first-order valence-corrected chi connectivity index (χ1v) is 7.94. The van der Waals surface area contributed by atoms with E-state index < -0.39 is 73.2 Å². The lowest BCUT2D eigenvalue weighted by Crippen LogP contribution is -2.68. The lowest BCUT2D eigenvalue weighted by atomic mass is 10.1. The summed E-state index contributed by atoms with van der Waals surface area (Å²) in [6.07, 6.45) is -55.8. The topological polar surface area (TPSA) is 27.7 Å². The second kappa shape index (κ2) is 9.64. The number of hydrogen-bond acceptors (Lipinski definition) is 3. The molecule has 0 N–H and O–H groups in total. The van der Waals surface area contributed by atoms with E-state index >= 15 is 0 Å². The first-order chi connectivity index (χ1) is 16.4. The fourth-order valence-electron chi connectivity index (χ4n) is 1.48. The van der Waals surface area contributed by atoms with Gasteiger partial charge in [0.25, 0.3) is 0 Å². The Morgan fingerprint density at radius 2 is 0.538 bits per heavy atom. The standard InChI is InChI=1S/C12H2F24O3/c13-1-2(14,15)7(25,26)37-11(33,34)12(35,36)39-9(29,30)4(18,19)3(16,17)8(27,28)38-10(31,32)5(20,21)6(22,23)24/h1H2. The molecule has 0 saturated carbocycles. The van der Waals surface area contributed by atoms with Crippen LogP contribution in [0.15, 0.2) is 0 Å². The molecule has 0 aliphatic carbocycles. The van der Waals surface area contributed by atoms with Crippen molar-refractivity contribution in [3.63, 3.8) is 0 Å². The van der Waals surface area contributed by atoms with Crippen LogP contribution in [-0.4, -0.2) is 73.2 Å². The maximum absolute atomic E-state index is 13.3. The van der Waals surface area contributed by atoms with Crippen LogP contribution in [0.2, 0.25) is 0 Å². The number of ether oxygens (including phenoxy) is 3. The second-order valence-electron chi connectivity index (χ2n) is 6.47. The van der Waals surface area contributed by atoms with E-state index in [4.69, 9.17) is 0 Å². The van der Waals surface area contributed by atoms with Gasteiger partial charge < -0.3 is 0 Å². The van der Waals surface area contributed by atoms with Crippen molar-refractivity contribution >= 4 is 0 Å². The molecule has 0 heterocycles. The monoisotopic (exact) mass is 650 g/mol. The minimum absolute atomic E-state index is 0.942. The Balaban J connectivity index is 6.43. The zero-order chi connectivity index (χ0) is 32.3. The van der Waals surface area contributed by atoms with Crippen molar-refractivity contribution in [1.29, 1.82) is 0 Å². The summed E-state index contributed by atoms with van der Waals surface area (Å²) < 4.78 is 309. The molecule has 0 saturated heterocycles. The van der Waals surface area contributed by atoms with Gasteiger partial charge >= 0.3 is 66.5 Å². The highest BCUT2D eigenvalue weighted by Crippen LogP contribution is 2.58. The van der Waals surface area contributed by atoms with Crippen molar-refractivity contribution in [2.45, 2.75) is 66.5 Å². The third kappa shape index (κ3) is 6.27. The zero-order valence-electron chi connectivity index (χ0n) is 16.5. The molecular formula is C12H2F24O3. The minimum Gasteiger partial charge on any atom is -0.245 e. The smallest absolute Gasteiger partial charge is 0.245 e. The number of alkyl halides is 24. The molecule has 0 bridgehead atoms. The van der Waals surface area contributed by atoms with Gasteiger partial charge in [0.2, 0.25) is 0 Å². The van der Waals surface area contributed by atoms with Gasteiger partial charge in [0.1, 0.15) is 0 Å². The largest absolute Gasteiger partial charge is 0.462 e. The molecule has 3 nitrogen and oxygen atoms in total. The van der Waals surface area contributed by atoms with Gasteiger partial charge in [0.05, 0.1) is 0 Å². The highest BCUT2D eigenvalue weighted by atomic mass is 19.4. The normalized spacial score (nSPS) is 16.6. The van der Waals surface area contributed by atoms with Gasteiger partial charge in [-0.2, -0.15) is 101 Å². The van der Waals surface area contributed by atoms with Crippen LogP contribution >= 0.6 is 0 Å². The first kappa shape index (κ1) is 37.2. The van der Waals surface area contributed by atoms with Gasteiger partial charge in [-0.05, 0) is 0 Å². The fourth-order valence-corrected chi connectivity index (χ4v) is 1.48. The third-order valence-corrected chi connectivity index (χ3v) is 3.55. The van der Waals surface area contributed by atoms with Gasteiger partial charge in [-0.1, -0.05) is 0 Å². The Morgan fingerprint density at radius 3 is 0.795 bits per heavy atom. The van der Waals surface area contributed by atoms with Gasteiger partial charge in [0, 0.05) is 0 Å². The van der Waals surface area contributed by atoms with Crippen LogP contribution in [0.3, 0.4) is 0 Å². The summed E-state index contributed by atoms with van der Waals surface area (Å²) in [7, 11) is 0. The van der Waals surface area contributed by atoms with Crippen molar-refractivity contribution in [2.24, 2.45) is 0 Å². The molecule has 0 aliphatic heterocycles. The molecule has 0 aromatic rings. The lowest BCUT2D eigenvalue weighted by molar-refractivity contribution is -0.560. The zero-order valence-corrected chi connectivity index (χ0v) is 16.5. The quantitative estimate of drug-likeness (QED) is 0.192. The molecule has 0 amide bonds. The molecule has 0 fully saturated rings. The van der Waals surface area contributed by atoms with Crippen molar-refractivity contribution in [1.82, 2.24) is 0 Å². The number of halogens is 24. The Kier molecular flexibility index (Phi) is 9.20. The van der Waals surface area contributed by atoms with Gasteiger partial charge in [0.15, 0.2) is 6.67 Å². The van der Waals surface area contributed by atoms with Gasteiger partial charge in [-0.3, -0.25) is 0 Å². The molecule has 0 aliphatic rings. The SMILES string of the molecule is FCC(F)(F)C(F)(F)OC(F)(F)C(F)(F)OC(F)(F)C(F)(F)C(F)(F)C(F)(F)OC(F)(F)C(F)(F)C(F)(F)F. The third-order valence-electron chi connectivity index (χ3n) is 3.55. The summed E-state index contributed by atoms with van der Waals surface area (Å²) in [5, 5.41) is 0. The maximum atomic E-state index is 13.3. The predicted molar refractivity (Wildman–Crippen MR) is 64.8 cm³/mol. The van der Waals surface area contributed by atoms with E-state index in [1.165, 1.54) is 4.74 Å². The summed E-state index contributed by atoms with van der Waals surface area (Å²) in [4.78, 5) is 0. The Hall–Kier alpha value is -1.80. The fraction of sp³-hybridized carbons (Fsp3) is 1.00. The average Bonchev–Trinajstić information content (AvgIpc) is 2.63. The number of rotatable bonds is 13. The van der Waals surface area contributed by atoms with Gasteiger partial charge in [-0.15, -0.1) is 0 Å². The summed E-state index contributed by atoms with van der Waals surface area (Å²) in [5.41, 5.74) is 0. The van der Waals surface area contributed by atoms with Crippen LogP contribution in [0.25, 0.3) is 0 Å². The van der Waals surface area contributed by atoms with Crippen LogP contribution < -0.4 is 0 Å². The van der Waals surface area contributed by atoms with Crippen molar-refractivity contribution in [3.05, 3.63) is 0 Å². The Bertz CT molecular complexity index is 857. The van der Waals surface area contributed by atoms with E-state index in [1.54, 1.807) is 0 Å². The van der Waals surface area contributed by atoms with Crippen LogP contribution in [0.1, 0.15) is 0 Å². The Morgan fingerprint density at radius 1 is 0.308 bits per heavy atom. The second-order valence-corrected chi connectivity index (χ2v) is 6.47. The summed E-state index contributed by atoms with van der Waals surface area (Å²) in [6.45, 7) is -3.75. The minimum atomic E-state index is -8.75. The molecule has 0 spiro atoms. The van der Waals surface area contributed by atoms with Crippen LogP contribution in [0, 0.1) is 0 Å². The molecule has 0 unspecified atom stereocenters. The van der Waals surface area contributed by atoms with Crippen molar-refractivity contribution in [3.8, 4) is 0 Å². The van der Waals surface area contributed by atoms with E-state index in [2.05, 4.69) is 0 Å². The van der Waals surface area contributed by atoms with E-state index in [0.717, 1.165) is 9.47 Å². The van der Waals surface area contributed by atoms with Gasteiger partial charge in [-0.25, -0.2) is 18.6 Å². The van der Waals surface area contributed by atoms with Crippen LogP contribution in [0.5, 0.6) is 0 Å². The van der Waals surface area contributed by atoms with E-state index in [1.807, 2.05) is 0 Å². The molecule has 236 valence electrons. The average molecular weight is 650 g/mol. The highest BCUT2D eigenvalue weighted by Gasteiger charge is 2.88. The summed E-state index contributed by atoms with van der Waals surface area (Å²) in [5.74, 6) is -32.0. The van der Waals surface area contributed by atoms with Crippen molar-refractivity contribution in [2.75, 3.05) is 6.67 Å². The van der Waals surface area contributed by atoms with Crippen LogP contribution in [0.4, 0.5) is 105 Å². The Labute approximate surface area is 194 Å². The van der Waals surface area contributed by atoms with E-state index in [9.17, 15) is 105 Å². The molecule has 0 aromatic carbocycles.